The first-order valence-electron chi connectivity index (χ1n) is 4.94. The van der Waals surface area contributed by atoms with Gasteiger partial charge in [0, 0.05) is 0 Å². The number of imidazole rings is 1. The Morgan fingerprint density at radius 1 is 1.24 bits per heavy atom. The molecule has 0 radical (unpaired) electrons. The Bertz CT molecular complexity index is 746. The third-order valence-electron chi connectivity index (χ3n) is 2.42. The molecule has 5 nitrogen and oxygen atoms in total. The van der Waals surface area contributed by atoms with E-state index in [9.17, 15) is 9.18 Å². The SMILES string of the molecule is O=c1[nH]cnc2nc(-c3ccccc3F)[nH]c12. The number of nitrogens with zero attached hydrogens (tertiary/aromatic N) is 2. The first-order chi connectivity index (χ1) is 8.25. The van der Waals surface area contributed by atoms with Gasteiger partial charge < -0.3 is 9.97 Å². The van der Waals surface area contributed by atoms with E-state index in [1.165, 1.54) is 12.4 Å². The van der Waals surface area contributed by atoms with Gasteiger partial charge in [0.05, 0.1) is 11.9 Å². The quantitative estimate of drug-likeness (QED) is 0.664. The molecule has 0 fully saturated rings. The van der Waals surface area contributed by atoms with Crippen LogP contribution < -0.4 is 5.56 Å². The van der Waals surface area contributed by atoms with Crippen LogP contribution in [0.5, 0.6) is 0 Å². The van der Waals surface area contributed by atoms with Crippen molar-refractivity contribution < 1.29 is 4.39 Å². The predicted octanol–water partition coefficient (Wildman–Crippen LogP) is 1.45. The maximum atomic E-state index is 13.5. The van der Waals surface area contributed by atoms with Crippen molar-refractivity contribution >= 4 is 11.2 Å². The van der Waals surface area contributed by atoms with Crippen LogP contribution in [0, 0.1) is 5.82 Å². The van der Waals surface area contributed by atoms with Crippen LogP contribution in [0.3, 0.4) is 0 Å². The fourth-order valence-electron chi connectivity index (χ4n) is 1.62. The zero-order valence-electron chi connectivity index (χ0n) is 8.57. The summed E-state index contributed by atoms with van der Waals surface area (Å²) in [5, 5.41) is 0. The van der Waals surface area contributed by atoms with Crippen molar-refractivity contribution in [1.29, 1.82) is 0 Å². The molecule has 1 aromatic carbocycles. The molecule has 0 aliphatic heterocycles. The maximum absolute atomic E-state index is 13.5. The normalized spacial score (nSPS) is 10.9. The van der Waals surface area contributed by atoms with Crippen molar-refractivity contribution in [2.75, 3.05) is 0 Å². The second kappa shape index (κ2) is 3.51. The highest BCUT2D eigenvalue weighted by molar-refractivity contribution is 5.74. The molecular formula is C11H7FN4O. The molecular weight excluding hydrogens is 223 g/mol. The number of aromatic nitrogens is 4. The smallest absolute Gasteiger partial charge is 0.276 e. The Morgan fingerprint density at radius 3 is 2.82 bits per heavy atom. The van der Waals surface area contributed by atoms with Gasteiger partial charge in [-0.1, -0.05) is 12.1 Å². The number of hydrogen-bond acceptors (Lipinski definition) is 3. The number of nitrogens with one attached hydrogen (secondary N) is 2. The minimum Gasteiger partial charge on any atom is -0.332 e. The van der Waals surface area contributed by atoms with Gasteiger partial charge in [0.1, 0.15) is 11.6 Å². The van der Waals surface area contributed by atoms with Gasteiger partial charge in [0.25, 0.3) is 5.56 Å². The Morgan fingerprint density at radius 2 is 2.06 bits per heavy atom. The zero-order valence-corrected chi connectivity index (χ0v) is 8.57. The maximum Gasteiger partial charge on any atom is 0.276 e. The monoisotopic (exact) mass is 230 g/mol. The molecule has 0 saturated carbocycles. The van der Waals surface area contributed by atoms with Crippen LogP contribution in [-0.4, -0.2) is 19.9 Å². The number of benzene rings is 1. The second-order valence-corrected chi connectivity index (χ2v) is 3.50. The first kappa shape index (κ1) is 9.71. The van der Waals surface area contributed by atoms with Crippen molar-refractivity contribution in [3.8, 4) is 11.4 Å². The molecule has 0 aliphatic carbocycles. The standard InChI is InChI=1S/C11H7FN4O/c12-7-4-2-1-3-6(7)9-15-8-10(16-9)13-5-14-11(8)17/h1-5H,(H2,13,14,15,16,17). The van der Waals surface area contributed by atoms with Crippen molar-refractivity contribution in [3.05, 3.63) is 46.8 Å². The van der Waals surface area contributed by atoms with Gasteiger partial charge in [0.15, 0.2) is 11.2 Å². The number of fused-ring (bicyclic) bond motifs is 1. The van der Waals surface area contributed by atoms with Gasteiger partial charge in [-0.25, -0.2) is 14.4 Å². The van der Waals surface area contributed by atoms with E-state index in [1.54, 1.807) is 18.2 Å². The molecule has 84 valence electrons. The molecule has 0 aliphatic rings. The molecule has 3 aromatic rings. The Labute approximate surface area is 94.4 Å². The van der Waals surface area contributed by atoms with Crippen LogP contribution in [0.25, 0.3) is 22.6 Å². The van der Waals surface area contributed by atoms with E-state index < -0.39 is 5.82 Å². The first-order valence-corrected chi connectivity index (χ1v) is 4.94. The summed E-state index contributed by atoms with van der Waals surface area (Å²) in [5.74, 6) is -0.106. The summed E-state index contributed by atoms with van der Waals surface area (Å²) in [5.41, 5.74) is 0.493. The topological polar surface area (TPSA) is 74.4 Å². The number of rotatable bonds is 1. The summed E-state index contributed by atoms with van der Waals surface area (Å²) >= 11 is 0. The molecule has 0 amide bonds. The molecule has 0 spiro atoms. The van der Waals surface area contributed by atoms with Crippen LogP contribution in [0.2, 0.25) is 0 Å². The van der Waals surface area contributed by atoms with Gasteiger partial charge in [-0.3, -0.25) is 4.79 Å². The molecule has 0 saturated heterocycles. The van der Waals surface area contributed by atoms with Crippen LogP contribution >= 0.6 is 0 Å². The van der Waals surface area contributed by atoms with Crippen LogP contribution in [0.1, 0.15) is 0 Å². The van der Waals surface area contributed by atoms with Gasteiger partial charge >= 0.3 is 0 Å². The van der Waals surface area contributed by atoms with Crippen molar-refractivity contribution in [3.63, 3.8) is 0 Å². The molecule has 6 heteroatoms. The Hall–Kier alpha value is -2.50. The number of hydrogen-bond donors (Lipinski definition) is 2. The highest BCUT2D eigenvalue weighted by Gasteiger charge is 2.11. The van der Waals surface area contributed by atoms with E-state index in [1.807, 2.05) is 0 Å². The van der Waals surface area contributed by atoms with Gasteiger partial charge in [-0.05, 0) is 12.1 Å². The van der Waals surface area contributed by atoms with E-state index in [0.29, 0.717) is 11.4 Å². The van der Waals surface area contributed by atoms with Crippen LogP contribution in [0.15, 0.2) is 35.4 Å². The molecule has 0 bridgehead atoms. The largest absolute Gasteiger partial charge is 0.332 e. The van der Waals surface area contributed by atoms with E-state index in [-0.39, 0.29) is 16.7 Å². The lowest BCUT2D eigenvalue weighted by atomic mass is 10.2. The van der Waals surface area contributed by atoms with Gasteiger partial charge in [-0.2, -0.15) is 0 Å². The Balaban J connectivity index is 2.30. The lowest BCUT2D eigenvalue weighted by molar-refractivity contribution is 0.630. The zero-order chi connectivity index (χ0) is 11.8. The molecule has 2 N–H and O–H groups in total. The third-order valence-corrected chi connectivity index (χ3v) is 2.42. The number of H-pyrrole nitrogens is 2. The van der Waals surface area contributed by atoms with E-state index in [4.69, 9.17) is 0 Å². The third kappa shape index (κ3) is 1.50. The lowest BCUT2D eigenvalue weighted by Gasteiger charge is -1.96. The fourth-order valence-corrected chi connectivity index (χ4v) is 1.62. The van der Waals surface area contributed by atoms with Crippen molar-refractivity contribution in [2.45, 2.75) is 0 Å². The second-order valence-electron chi connectivity index (χ2n) is 3.50. The van der Waals surface area contributed by atoms with Gasteiger partial charge in [-0.15, -0.1) is 0 Å². The van der Waals surface area contributed by atoms with Crippen LogP contribution in [-0.2, 0) is 0 Å². The molecule has 2 aromatic heterocycles. The number of halogens is 1. The number of aromatic amines is 2. The summed E-state index contributed by atoms with van der Waals surface area (Å²) in [6, 6.07) is 6.21. The molecule has 17 heavy (non-hydrogen) atoms. The van der Waals surface area contributed by atoms with Crippen LogP contribution in [0.4, 0.5) is 4.39 Å². The predicted molar refractivity (Wildman–Crippen MR) is 59.9 cm³/mol. The van der Waals surface area contributed by atoms with Crippen molar-refractivity contribution in [2.24, 2.45) is 0 Å². The highest BCUT2D eigenvalue weighted by Crippen LogP contribution is 2.20. The van der Waals surface area contributed by atoms with E-state index in [0.717, 1.165) is 0 Å². The minimum atomic E-state index is -0.400. The minimum absolute atomic E-state index is 0.241. The molecule has 0 atom stereocenters. The van der Waals surface area contributed by atoms with Crippen molar-refractivity contribution in [1.82, 2.24) is 19.9 Å². The average Bonchev–Trinajstić information content (AvgIpc) is 2.75. The Kier molecular flexibility index (Phi) is 2.01. The summed E-state index contributed by atoms with van der Waals surface area (Å²) < 4.78 is 13.5. The summed E-state index contributed by atoms with van der Waals surface area (Å²) in [4.78, 5) is 24.6. The summed E-state index contributed by atoms with van der Waals surface area (Å²) in [6.45, 7) is 0. The summed E-state index contributed by atoms with van der Waals surface area (Å²) in [6.07, 6.45) is 1.26. The van der Waals surface area contributed by atoms with Gasteiger partial charge in [0.2, 0.25) is 0 Å². The van der Waals surface area contributed by atoms with E-state index in [2.05, 4.69) is 19.9 Å². The summed E-state index contributed by atoms with van der Waals surface area (Å²) in [7, 11) is 0. The molecule has 0 unspecified atom stereocenters. The molecule has 3 rings (SSSR count). The molecule has 2 heterocycles. The fraction of sp³-hybridized carbons (Fsp3) is 0. The lowest BCUT2D eigenvalue weighted by Crippen LogP contribution is -2.05. The highest BCUT2D eigenvalue weighted by atomic mass is 19.1. The van der Waals surface area contributed by atoms with E-state index >= 15 is 0 Å². The average molecular weight is 230 g/mol.